The summed E-state index contributed by atoms with van der Waals surface area (Å²) in [6.07, 6.45) is 4.70. The van der Waals surface area contributed by atoms with Crippen LogP contribution in [0.2, 0.25) is 0 Å². The third-order valence-corrected chi connectivity index (χ3v) is 5.66. The van der Waals surface area contributed by atoms with Gasteiger partial charge >= 0.3 is 0 Å². The van der Waals surface area contributed by atoms with Crippen molar-refractivity contribution in [2.75, 3.05) is 26.3 Å². The molecule has 2 heterocycles. The highest BCUT2D eigenvalue weighted by molar-refractivity contribution is 7.89. The average Bonchev–Trinajstić information content (AvgIpc) is 2.69. The number of nitrogens with zero attached hydrogens (tertiary/aromatic N) is 3. The van der Waals surface area contributed by atoms with Gasteiger partial charge in [-0.3, -0.25) is 9.78 Å². The van der Waals surface area contributed by atoms with Crippen LogP contribution in [0.1, 0.15) is 15.9 Å². The van der Waals surface area contributed by atoms with Gasteiger partial charge in [-0.25, -0.2) is 13.8 Å². The van der Waals surface area contributed by atoms with E-state index in [-0.39, 0.29) is 10.5 Å². The van der Waals surface area contributed by atoms with Crippen molar-refractivity contribution in [1.29, 1.82) is 0 Å². The van der Waals surface area contributed by atoms with E-state index >= 15 is 0 Å². The number of aromatic nitrogens is 1. The lowest BCUT2D eigenvalue weighted by molar-refractivity contribution is 0.0730. The second-order valence-corrected chi connectivity index (χ2v) is 7.47. The molecule has 0 saturated carbocycles. The maximum atomic E-state index is 12.7. The number of morpholine rings is 1. The molecule has 3 rings (SSSR count). The Morgan fingerprint density at radius 3 is 2.77 bits per heavy atom. The van der Waals surface area contributed by atoms with Crippen molar-refractivity contribution >= 4 is 22.1 Å². The van der Waals surface area contributed by atoms with E-state index in [1.54, 1.807) is 24.5 Å². The van der Waals surface area contributed by atoms with E-state index in [0.717, 1.165) is 5.56 Å². The second kappa shape index (κ2) is 8.17. The van der Waals surface area contributed by atoms with Crippen LogP contribution < -0.4 is 5.43 Å². The molecule has 1 amide bonds. The van der Waals surface area contributed by atoms with Crippen LogP contribution in [0.25, 0.3) is 0 Å². The molecular weight excluding hydrogens is 356 g/mol. The Hall–Kier alpha value is -2.62. The fourth-order valence-corrected chi connectivity index (χ4v) is 3.87. The van der Waals surface area contributed by atoms with Crippen molar-refractivity contribution in [2.45, 2.75) is 4.90 Å². The van der Waals surface area contributed by atoms with Crippen LogP contribution in [-0.4, -0.2) is 56.1 Å². The van der Waals surface area contributed by atoms with E-state index in [1.165, 1.54) is 34.8 Å². The zero-order valence-electron chi connectivity index (χ0n) is 13.9. The molecule has 1 N–H and O–H groups in total. The first-order valence-electron chi connectivity index (χ1n) is 7.99. The van der Waals surface area contributed by atoms with Crippen LogP contribution in [0, 0.1) is 0 Å². The number of hydrazone groups is 1. The molecule has 0 atom stereocenters. The van der Waals surface area contributed by atoms with Gasteiger partial charge in [0.15, 0.2) is 0 Å². The Labute approximate surface area is 151 Å². The number of pyridine rings is 1. The van der Waals surface area contributed by atoms with Gasteiger partial charge in [-0.05, 0) is 24.3 Å². The molecule has 1 fully saturated rings. The summed E-state index contributed by atoms with van der Waals surface area (Å²) < 4.78 is 31.9. The Balaban J connectivity index is 1.72. The van der Waals surface area contributed by atoms with Crippen molar-refractivity contribution in [3.8, 4) is 0 Å². The first-order valence-corrected chi connectivity index (χ1v) is 9.43. The number of nitrogens with one attached hydrogen (secondary N) is 1. The van der Waals surface area contributed by atoms with Crippen molar-refractivity contribution in [3.05, 3.63) is 59.9 Å². The maximum absolute atomic E-state index is 12.7. The molecule has 9 heteroatoms. The number of benzene rings is 1. The van der Waals surface area contributed by atoms with Gasteiger partial charge in [0.1, 0.15) is 0 Å². The van der Waals surface area contributed by atoms with Gasteiger partial charge in [-0.2, -0.15) is 9.41 Å². The summed E-state index contributed by atoms with van der Waals surface area (Å²) in [5, 5.41) is 3.86. The van der Waals surface area contributed by atoms with Gasteiger partial charge in [0.05, 0.1) is 24.3 Å². The summed E-state index contributed by atoms with van der Waals surface area (Å²) in [6, 6.07) is 9.43. The quantitative estimate of drug-likeness (QED) is 0.618. The number of carbonyl (C=O) groups is 1. The number of ether oxygens (including phenoxy) is 1. The minimum atomic E-state index is -3.65. The van der Waals surface area contributed by atoms with Gasteiger partial charge in [-0.15, -0.1) is 0 Å². The van der Waals surface area contributed by atoms with Crippen molar-refractivity contribution in [2.24, 2.45) is 5.10 Å². The minimum Gasteiger partial charge on any atom is -0.379 e. The Morgan fingerprint density at radius 2 is 2.04 bits per heavy atom. The van der Waals surface area contributed by atoms with Crippen molar-refractivity contribution in [1.82, 2.24) is 14.7 Å². The lowest BCUT2D eigenvalue weighted by Crippen LogP contribution is -2.40. The van der Waals surface area contributed by atoms with Crippen LogP contribution in [-0.2, 0) is 14.8 Å². The molecule has 1 aliphatic heterocycles. The lowest BCUT2D eigenvalue weighted by atomic mass is 10.2. The van der Waals surface area contributed by atoms with Gasteiger partial charge in [0, 0.05) is 36.6 Å². The SMILES string of the molecule is O=C(N/N=C\c1cccnc1)c1cccc(S(=O)(=O)N2CCOCC2)c1. The third kappa shape index (κ3) is 4.31. The number of amides is 1. The summed E-state index contributed by atoms with van der Waals surface area (Å²) in [5.74, 6) is -0.496. The van der Waals surface area contributed by atoms with E-state index in [2.05, 4.69) is 15.5 Å². The minimum absolute atomic E-state index is 0.0725. The predicted molar refractivity (Wildman–Crippen MR) is 95.3 cm³/mol. The smallest absolute Gasteiger partial charge is 0.271 e. The highest BCUT2D eigenvalue weighted by Gasteiger charge is 2.26. The van der Waals surface area contributed by atoms with Crippen LogP contribution in [0.3, 0.4) is 0 Å². The molecule has 136 valence electrons. The molecule has 1 aromatic heterocycles. The first kappa shape index (κ1) is 18.2. The molecule has 8 nitrogen and oxygen atoms in total. The third-order valence-electron chi connectivity index (χ3n) is 3.77. The Morgan fingerprint density at radius 1 is 1.23 bits per heavy atom. The lowest BCUT2D eigenvalue weighted by Gasteiger charge is -2.26. The van der Waals surface area contributed by atoms with Gasteiger partial charge < -0.3 is 4.74 Å². The maximum Gasteiger partial charge on any atom is 0.271 e. The number of carbonyl (C=O) groups excluding carboxylic acids is 1. The van der Waals surface area contributed by atoms with E-state index in [1.807, 2.05) is 0 Å². The fourth-order valence-electron chi connectivity index (χ4n) is 2.42. The van der Waals surface area contributed by atoms with Crippen molar-refractivity contribution < 1.29 is 17.9 Å². The molecule has 1 aliphatic rings. The standard InChI is InChI=1S/C17H18N4O4S/c22-17(20-19-13-14-3-2-6-18-12-14)15-4-1-5-16(11-15)26(23,24)21-7-9-25-10-8-21/h1-6,11-13H,7-10H2,(H,20,22)/b19-13-. The molecule has 1 saturated heterocycles. The number of sulfonamides is 1. The van der Waals surface area contributed by atoms with Gasteiger partial charge in [-0.1, -0.05) is 12.1 Å². The predicted octanol–water partition coefficient (Wildman–Crippen LogP) is 0.866. The summed E-state index contributed by atoms with van der Waals surface area (Å²) in [4.78, 5) is 16.2. The summed E-state index contributed by atoms with van der Waals surface area (Å²) in [6.45, 7) is 1.33. The Kier molecular flexibility index (Phi) is 5.71. The zero-order chi connectivity index (χ0) is 18.4. The molecule has 0 unspecified atom stereocenters. The molecule has 0 radical (unpaired) electrons. The fraction of sp³-hybridized carbons (Fsp3) is 0.235. The molecule has 1 aromatic carbocycles. The van der Waals surface area contributed by atoms with E-state index in [0.29, 0.717) is 26.3 Å². The van der Waals surface area contributed by atoms with E-state index < -0.39 is 15.9 Å². The molecular formula is C17H18N4O4S. The molecule has 2 aromatic rings. The molecule has 0 aliphatic carbocycles. The highest BCUT2D eigenvalue weighted by Crippen LogP contribution is 2.18. The first-order chi connectivity index (χ1) is 12.6. The van der Waals surface area contributed by atoms with Crippen LogP contribution in [0.5, 0.6) is 0 Å². The van der Waals surface area contributed by atoms with Crippen LogP contribution >= 0.6 is 0 Å². The number of rotatable bonds is 5. The topological polar surface area (TPSA) is 101 Å². The summed E-state index contributed by atoms with van der Waals surface area (Å²) in [5.41, 5.74) is 3.32. The zero-order valence-corrected chi connectivity index (χ0v) is 14.7. The average molecular weight is 374 g/mol. The molecule has 0 spiro atoms. The van der Waals surface area contributed by atoms with E-state index in [9.17, 15) is 13.2 Å². The summed E-state index contributed by atoms with van der Waals surface area (Å²) in [7, 11) is -3.65. The summed E-state index contributed by atoms with van der Waals surface area (Å²) >= 11 is 0. The van der Waals surface area contributed by atoms with Gasteiger partial charge in [0.2, 0.25) is 10.0 Å². The Bertz CT molecular complexity index is 894. The normalized spacial score (nSPS) is 15.8. The van der Waals surface area contributed by atoms with Crippen molar-refractivity contribution in [3.63, 3.8) is 0 Å². The second-order valence-electron chi connectivity index (χ2n) is 5.53. The van der Waals surface area contributed by atoms with Gasteiger partial charge in [0.25, 0.3) is 5.91 Å². The van der Waals surface area contributed by atoms with Crippen LogP contribution in [0.15, 0.2) is 58.8 Å². The highest BCUT2D eigenvalue weighted by atomic mass is 32.2. The molecule has 26 heavy (non-hydrogen) atoms. The number of hydrogen-bond donors (Lipinski definition) is 1. The van der Waals surface area contributed by atoms with E-state index in [4.69, 9.17) is 4.74 Å². The monoisotopic (exact) mass is 374 g/mol. The van der Waals surface area contributed by atoms with Crippen LogP contribution in [0.4, 0.5) is 0 Å². The number of hydrogen-bond acceptors (Lipinski definition) is 6. The molecule has 0 bridgehead atoms. The largest absolute Gasteiger partial charge is 0.379 e.